The summed E-state index contributed by atoms with van der Waals surface area (Å²) in [6.45, 7) is 10.1. The van der Waals surface area contributed by atoms with Crippen LogP contribution in [0, 0.1) is 0 Å². The lowest BCUT2D eigenvalue weighted by Crippen LogP contribution is -2.30. The molecule has 2 rings (SSSR count). The molecule has 1 amide bonds. The van der Waals surface area contributed by atoms with Gasteiger partial charge < -0.3 is 5.32 Å². The van der Waals surface area contributed by atoms with E-state index in [1.807, 2.05) is 37.3 Å². The zero-order valence-corrected chi connectivity index (χ0v) is 18.6. The summed E-state index contributed by atoms with van der Waals surface area (Å²) in [5.41, 5.74) is 2.90. The predicted octanol–water partition coefficient (Wildman–Crippen LogP) is 3.78. The predicted molar refractivity (Wildman–Crippen MR) is 118 cm³/mol. The van der Waals surface area contributed by atoms with Crippen LogP contribution in [0.25, 0.3) is 0 Å². The molecule has 29 heavy (non-hydrogen) atoms. The number of hydrogen-bond donors (Lipinski definition) is 2. The fraction of sp³-hybridized carbons (Fsp3) is 0.409. The van der Waals surface area contributed by atoms with Crippen molar-refractivity contribution >= 4 is 21.6 Å². The number of anilines is 1. The Hall–Kier alpha value is -2.38. The van der Waals surface area contributed by atoms with Crippen LogP contribution in [0.15, 0.2) is 48.5 Å². The number of para-hydroxylation sites is 1. The van der Waals surface area contributed by atoms with E-state index in [1.54, 1.807) is 18.2 Å². The van der Waals surface area contributed by atoms with Gasteiger partial charge in [-0.05, 0) is 56.6 Å². The lowest BCUT2D eigenvalue weighted by atomic mass is 10.1. The molecular formula is C22H31N3O3S. The first-order valence-electron chi connectivity index (χ1n) is 9.81. The highest BCUT2D eigenvalue weighted by molar-refractivity contribution is 7.92. The number of nitrogens with zero attached hydrogens (tertiary/aromatic N) is 1. The third kappa shape index (κ3) is 6.87. The summed E-state index contributed by atoms with van der Waals surface area (Å²) in [4.78, 5) is 15.0. The molecule has 0 spiro atoms. The molecule has 0 radical (unpaired) electrons. The molecule has 0 bridgehead atoms. The summed E-state index contributed by atoms with van der Waals surface area (Å²) in [6.07, 6.45) is 1.10. The van der Waals surface area contributed by atoms with Crippen molar-refractivity contribution < 1.29 is 13.2 Å². The quantitative estimate of drug-likeness (QED) is 0.651. The van der Waals surface area contributed by atoms with Crippen LogP contribution in [0.3, 0.4) is 0 Å². The average Bonchev–Trinajstić information content (AvgIpc) is 2.65. The maximum absolute atomic E-state index is 12.7. The van der Waals surface area contributed by atoms with Crippen molar-refractivity contribution in [2.75, 3.05) is 17.5 Å². The van der Waals surface area contributed by atoms with E-state index in [-0.39, 0.29) is 11.9 Å². The summed E-state index contributed by atoms with van der Waals surface area (Å²) in [6, 6.07) is 14.8. The molecule has 2 N–H and O–H groups in total. The number of sulfonamides is 1. The van der Waals surface area contributed by atoms with Crippen molar-refractivity contribution in [3.63, 3.8) is 0 Å². The fourth-order valence-corrected chi connectivity index (χ4v) is 3.77. The van der Waals surface area contributed by atoms with Crippen LogP contribution in [0.1, 0.15) is 55.2 Å². The second kappa shape index (κ2) is 9.89. The Labute approximate surface area is 174 Å². The maximum Gasteiger partial charge on any atom is 0.251 e. The van der Waals surface area contributed by atoms with Crippen LogP contribution >= 0.6 is 0 Å². The smallest absolute Gasteiger partial charge is 0.251 e. The van der Waals surface area contributed by atoms with Crippen LogP contribution in [0.4, 0.5) is 5.69 Å². The van der Waals surface area contributed by atoms with Crippen molar-refractivity contribution in [3.8, 4) is 0 Å². The number of benzene rings is 2. The van der Waals surface area contributed by atoms with Crippen LogP contribution in [-0.4, -0.2) is 38.1 Å². The summed E-state index contributed by atoms with van der Waals surface area (Å²) < 4.78 is 25.7. The van der Waals surface area contributed by atoms with Gasteiger partial charge in [0, 0.05) is 18.2 Å². The minimum absolute atomic E-state index is 0.200. The SMILES string of the molecule is CCN(Cc1ccc(C(=O)NC(C)c2ccccc2NS(C)(=O)=O)cc1)C(C)C. The Morgan fingerprint density at radius 1 is 1.03 bits per heavy atom. The molecule has 0 saturated carbocycles. The van der Waals surface area contributed by atoms with Gasteiger partial charge in [-0.3, -0.25) is 14.4 Å². The van der Waals surface area contributed by atoms with Crippen molar-refractivity contribution in [1.82, 2.24) is 10.2 Å². The Kier molecular flexibility index (Phi) is 7.81. The van der Waals surface area contributed by atoms with Crippen molar-refractivity contribution in [2.24, 2.45) is 0 Å². The third-order valence-corrected chi connectivity index (χ3v) is 5.40. The van der Waals surface area contributed by atoms with Gasteiger partial charge in [0.2, 0.25) is 10.0 Å². The first-order chi connectivity index (χ1) is 13.6. The molecule has 0 heterocycles. The second-order valence-electron chi connectivity index (χ2n) is 7.51. The van der Waals surface area contributed by atoms with Crippen molar-refractivity contribution in [3.05, 3.63) is 65.2 Å². The van der Waals surface area contributed by atoms with Gasteiger partial charge in [0.05, 0.1) is 18.0 Å². The highest BCUT2D eigenvalue weighted by atomic mass is 32.2. The zero-order chi connectivity index (χ0) is 21.6. The van der Waals surface area contributed by atoms with Crippen LogP contribution in [0.5, 0.6) is 0 Å². The molecule has 2 aromatic rings. The van der Waals surface area contributed by atoms with Gasteiger partial charge in [-0.2, -0.15) is 0 Å². The molecule has 1 unspecified atom stereocenters. The lowest BCUT2D eigenvalue weighted by molar-refractivity contribution is 0.0940. The topological polar surface area (TPSA) is 78.5 Å². The molecule has 2 aromatic carbocycles. The number of carbonyl (C=O) groups is 1. The van der Waals surface area contributed by atoms with Crippen molar-refractivity contribution in [1.29, 1.82) is 0 Å². The van der Waals surface area contributed by atoms with Gasteiger partial charge in [0.1, 0.15) is 0 Å². The molecule has 158 valence electrons. The van der Waals surface area contributed by atoms with Gasteiger partial charge in [-0.15, -0.1) is 0 Å². The molecule has 0 aliphatic rings. The Balaban J connectivity index is 2.09. The molecular weight excluding hydrogens is 386 g/mol. The Morgan fingerprint density at radius 3 is 2.21 bits per heavy atom. The standard InChI is InChI=1S/C22H31N3O3S/c1-6-25(16(2)3)15-18-11-13-19(14-12-18)22(26)23-17(4)20-9-7-8-10-21(20)24-29(5,27)28/h7-14,16-17,24H,6,15H2,1-5H3,(H,23,26). The van der Waals surface area contributed by atoms with E-state index in [0.717, 1.165) is 24.9 Å². The van der Waals surface area contributed by atoms with Gasteiger partial charge in [0.25, 0.3) is 5.91 Å². The van der Waals surface area contributed by atoms with E-state index in [0.29, 0.717) is 22.9 Å². The largest absolute Gasteiger partial charge is 0.345 e. The Morgan fingerprint density at radius 2 is 1.66 bits per heavy atom. The summed E-state index contributed by atoms with van der Waals surface area (Å²) in [5, 5.41) is 2.94. The molecule has 0 aromatic heterocycles. The summed E-state index contributed by atoms with van der Waals surface area (Å²) in [5.74, 6) is -0.200. The highest BCUT2D eigenvalue weighted by Crippen LogP contribution is 2.23. The second-order valence-corrected chi connectivity index (χ2v) is 9.26. The molecule has 0 aliphatic heterocycles. The zero-order valence-electron chi connectivity index (χ0n) is 17.8. The molecule has 6 nitrogen and oxygen atoms in total. The number of nitrogens with one attached hydrogen (secondary N) is 2. The van der Waals surface area contributed by atoms with Crippen LogP contribution < -0.4 is 10.0 Å². The van der Waals surface area contributed by atoms with E-state index in [4.69, 9.17) is 0 Å². The van der Waals surface area contributed by atoms with E-state index >= 15 is 0 Å². The van der Waals surface area contributed by atoms with Gasteiger partial charge in [-0.1, -0.05) is 37.3 Å². The first kappa shape index (κ1) is 22.9. The van der Waals surface area contributed by atoms with Crippen molar-refractivity contribution in [2.45, 2.75) is 46.3 Å². The normalized spacial score (nSPS) is 12.8. The van der Waals surface area contributed by atoms with Gasteiger partial charge in [0.15, 0.2) is 0 Å². The van der Waals surface area contributed by atoms with E-state index in [9.17, 15) is 13.2 Å². The molecule has 1 atom stereocenters. The van der Waals surface area contributed by atoms with Crippen LogP contribution in [0.2, 0.25) is 0 Å². The van der Waals surface area contributed by atoms with E-state index in [2.05, 4.69) is 35.7 Å². The average molecular weight is 418 g/mol. The molecule has 0 aliphatic carbocycles. The molecule has 0 fully saturated rings. The Bertz CT molecular complexity index is 925. The van der Waals surface area contributed by atoms with Crippen LogP contribution in [-0.2, 0) is 16.6 Å². The third-order valence-electron chi connectivity index (χ3n) is 4.81. The number of hydrogen-bond acceptors (Lipinski definition) is 4. The maximum atomic E-state index is 12.7. The van der Waals surface area contributed by atoms with Gasteiger partial charge >= 0.3 is 0 Å². The summed E-state index contributed by atoms with van der Waals surface area (Å²) >= 11 is 0. The van der Waals surface area contributed by atoms with E-state index in [1.165, 1.54) is 0 Å². The summed E-state index contributed by atoms with van der Waals surface area (Å²) in [7, 11) is -3.40. The minimum atomic E-state index is -3.40. The highest BCUT2D eigenvalue weighted by Gasteiger charge is 2.16. The fourth-order valence-electron chi connectivity index (χ4n) is 3.18. The lowest BCUT2D eigenvalue weighted by Gasteiger charge is -2.24. The number of rotatable bonds is 9. The number of carbonyl (C=O) groups excluding carboxylic acids is 1. The van der Waals surface area contributed by atoms with Gasteiger partial charge in [-0.25, -0.2) is 8.42 Å². The first-order valence-corrected chi connectivity index (χ1v) is 11.7. The minimum Gasteiger partial charge on any atom is -0.345 e. The van der Waals surface area contributed by atoms with E-state index < -0.39 is 10.0 Å². The number of amides is 1. The molecule has 0 saturated heterocycles. The monoisotopic (exact) mass is 417 g/mol. The molecule has 7 heteroatoms.